The molecule has 0 fully saturated rings. The number of nitrogens with one attached hydrogen (secondary N) is 1. The predicted molar refractivity (Wildman–Crippen MR) is 86.6 cm³/mol. The highest BCUT2D eigenvalue weighted by molar-refractivity contribution is 5.14. The van der Waals surface area contributed by atoms with Crippen LogP contribution in [0.25, 0.3) is 0 Å². The first-order valence-electron chi connectivity index (χ1n) is 7.94. The summed E-state index contributed by atoms with van der Waals surface area (Å²) in [6.45, 7) is 15.2. The van der Waals surface area contributed by atoms with E-state index in [1.807, 2.05) is 6.20 Å². The van der Waals surface area contributed by atoms with Crippen molar-refractivity contribution in [2.24, 2.45) is 5.92 Å². The lowest BCUT2D eigenvalue weighted by atomic mass is 10.1. The van der Waals surface area contributed by atoms with Crippen molar-refractivity contribution in [2.45, 2.75) is 60.2 Å². The maximum atomic E-state index is 4.60. The van der Waals surface area contributed by atoms with Gasteiger partial charge in [0.15, 0.2) is 0 Å². The van der Waals surface area contributed by atoms with E-state index in [9.17, 15) is 0 Å². The minimum atomic E-state index is 0.515. The largest absolute Gasteiger partial charge is 0.310 e. The van der Waals surface area contributed by atoms with E-state index >= 15 is 0 Å². The molecule has 1 unspecified atom stereocenters. The third kappa shape index (κ3) is 6.49. The van der Waals surface area contributed by atoms with Crippen LogP contribution in [0.4, 0.5) is 0 Å². The smallest absolute Gasteiger partial charge is 0.0544 e. The SMILES string of the molecule is CCC(C)CN(CC)Cc1ccc(CNC(C)C)cn1. The molecule has 20 heavy (non-hydrogen) atoms. The van der Waals surface area contributed by atoms with E-state index in [0.29, 0.717) is 6.04 Å². The highest BCUT2D eigenvalue weighted by Crippen LogP contribution is 2.09. The Labute approximate surface area is 124 Å². The highest BCUT2D eigenvalue weighted by Gasteiger charge is 2.08. The van der Waals surface area contributed by atoms with E-state index in [4.69, 9.17) is 0 Å². The van der Waals surface area contributed by atoms with Gasteiger partial charge >= 0.3 is 0 Å². The average molecular weight is 277 g/mol. The molecule has 1 aromatic rings. The number of pyridine rings is 1. The number of hydrogen-bond donors (Lipinski definition) is 1. The summed E-state index contributed by atoms with van der Waals surface area (Å²) in [4.78, 5) is 7.07. The Hall–Kier alpha value is -0.930. The highest BCUT2D eigenvalue weighted by atomic mass is 15.1. The van der Waals surface area contributed by atoms with Gasteiger partial charge in [0.2, 0.25) is 0 Å². The second-order valence-electron chi connectivity index (χ2n) is 6.03. The first kappa shape index (κ1) is 17.1. The zero-order chi connectivity index (χ0) is 15.0. The minimum Gasteiger partial charge on any atom is -0.310 e. The molecule has 0 saturated carbocycles. The van der Waals surface area contributed by atoms with Gasteiger partial charge in [0, 0.05) is 31.9 Å². The molecule has 1 aromatic heterocycles. The summed E-state index contributed by atoms with van der Waals surface area (Å²) in [7, 11) is 0. The van der Waals surface area contributed by atoms with Gasteiger partial charge in [-0.1, -0.05) is 47.1 Å². The van der Waals surface area contributed by atoms with Gasteiger partial charge in [-0.25, -0.2) is 0 Å². The van der Waals surface area contributed by atoms with Gasteiger partial charge in [0.25, 0.3) is 0 Å². The lowest BCUT2D eigenvalue weighted by Gasteiger charge is -2.23. The molecular formula is C17H31N3. The van der Waals surface area contributed by atoms with E-state index in [0.717, 1.165) is 32.1 Å². The Kier molecular flexibility index (Phi) is 7.78. The van der Waals surface area contributed by atoms with Crippen LogP contribution in [-0.2, 0) is 13.1 Å². The molecule has 3 nitrogen and oxygen atoms in total. The Morgan fingerprint density at radius 3 is 2.45 bits per heavy atom. The van der Waals surface area contributed by atoms with Crippen LogP contribution in [0.5, 0.6) is 0 Å². The van der Waals surface area contributed by atoms with Crippen molar-refractivity contribution >= 4 is 0 Å². The van der Waals surface area contributed by atoms with Crippen LogP contribution >= 0.6 is 0 Å². The Bertz CT molecular complexity index is 359. The van der Waals surface area contributed by atoms with Crippen molar-refractivity contribution in [1.29, 1.82) is 0 Å². The van der Waals surface area contributed by atoms with Crippen LogP contribution in [0.1, 0.15) is 52.3 Å². The van der Waals surface area contributed by atoms with Crippen LogP contribution in [0.2, 0.25) is 0 Å². The Balaban J connectivity index is 2.50. The average Bonchev–Trinajstić information content (AvgIpc) is 2.45. The van der Waals surface area contributed by atoms with Gasteiger partial charge in [-0.05, 0) is 24.1 Å². The van der Waals surface area contributed by atoms with E-state index < -0.39 is 0 Å². The van der Waals surface area contributed by atoms with Crippen LogP contribution in [-0.4, -0.2) is 29.0 Å². The molecule has 0 saturated heterocycles. The fourth-order valence-electron chi connectivity index (χ4n) is 2.08. The van der Waals surface area contributed by atoms with Crippen LogP contribution < -0.4 is 5.32 Å². The van der Waals surface area contributed by atoms with Crippen molar-refractivity contribution < 1.29 is 0 Å². The third-order valence-electron chi connectivity index (χ3n) is 3.70. The van der Waals surface area contributed by atoms with Crippen molar-refractivity contribution in [3.63, 3.8) is 0 Å². The summed E-state index contributed by atoms with van der Waals surface area (Å²) in [5.41, 5.74) is 2.43. The maximum Gasteiger partial charge on any atom is 0.0544 e. The van der Waals surface area contributed by atoms with Crippen molar-refractivity contribution in [1.82, 2.24) is 15.2 Å². The minimum absolute atomic E-state index is 0.515. The molecule has 3 heteroatoms. The second-order valence-corrected chi connectivity index (χ2v) is 6.03. The van der Waals surface area contributed by atoms with Gasteiger partial charge in [0.1, 0.15) is 0 Å². The summed E-state index contributed by atoms with van der Waals surface area (Å²) in [6, 6.07) is 4.87. The predicted octanol–water partition coefficient (Wildman–Crippen LogP) is 3.45. The van der Waals surface area contributed by atoms with E-state index in [1.54, 1.807) is 0 Å². The fourth-order valence-corrected chi connectivity index (χ4v) is 2.08. The Morgan fingerprint density at radius 1 is 1.20 bits per heavy atom. The normalized spacial score (nSPS) is 13.2. The lowest BCUT2D eigenvalue weighted by molar-refractivity contribution is 0.235. The second kappa shape index (κ2) is 9.09. The molecule has 0 aliphatic rings. The molecular weight excluding hydrogens is 246 g/mol. The molecule has 0 radical (unpaired) electrons. The summed E-state index contributed by atoms with van der Waals surface area (Å²) in [5, 5.41) is 3.42. The molecule has 0 aromatic carbocycles. The molecule has 0 spiro atoms. The first-order chi connectivity index (χ1) is 9.55. The summed E-state index contributed by atoms with van der Waals surface area (Å²) < 4.78 is 0. The third-order valence-corrected chi connectivity index (χ3v) is 3.70. The molecule has 0 amide bonds. The Morgan fingerprint density at radius 2 is 1.95 bits per heavy atom. The fraction of sp³-hybridized carbons (Fsp3) is 0.706. The van der Waals surface area contributed by atoms with E-state index in [2.05, 4.69) is 62.0 Å². The van der Waals surface area contributed by atoms with Crippen LogP contribution in [0.15, 0.2) is 18.3 Å². The summed E-state index contributed by atoms with van der Waals surface area (Å²) in [6.07, 6.45) is 3.24. The molecule has 0 aliphatic carbocycles. The van der Waals surface area contributed by atoms with Crippen molar-refractivity contribution in [2.75, 3.05) is 13.1 Å². The number of hydrogen-bond acceptors (Lipinski definition) is 3. The van der Waals surface area contributed by atoms with E-state index in [-0.39, 0.29) is 0 Å². The first-order valence-corrected chi connectivity index (χ1v) is 7.94. The quantitative estimate of drug-likeness (QED) is 0.749. The standard InChI is InChI=1S/C17H31N3/c1-6-15(5)12-20(7-2)13-17-9-8-16(11-19-17)10-18-14(3)4/h8-9,11,14-15,18H,6-7,10,12-13H2,1-5H3. The van der Waals surface area contributed by atoms with Gasteiger partial charge in [0.05, 0.1) is 5.69 Å². The molecule has 1 N–H and O–H groups in total. The molecule has 0 aliphatic heterocycles. The summed E-state index contributed by atoms with van der Waals surface area (Å²) >= 11 is 0. The van der Waals surface area contributed by atoms with Crippen LogP contribution in [0, 0.1) is 5.92 Å². The zero-order valence-electron chi connectivity index (χ0n) is 13.8. The number of aromatic nitrogens is 1. The van der Waals surface area contributed by atoms with Gasteiger partial charge in [-0.15, -0.1) is 0 Å². The van der Waals surface area contributed by atoms with E-state index in [1.165, 1.54) is 17.7 Å². The number of rotatable bonds is 9. The van der Waals surface area contributed by atoms with Gasteiger partial charge < -0.3 is 5.32 Å². The van der Waals surface area contributed by atoms with Gasteiger partial charge in [-0.3, -0.25) is 9.88 Å². The summed E-state index contributed by atoms with van der Waals surface area (Å²) in [5.74, 6) is 0.754. The number of nitrogens with zero attached hydrogens (tertiary/aromatic N) is 2. The molecule has 0 bridgehead atoms. The van der Waals surface area contributed by atoms with Crippen LogP contribution in [0.3, 0.4) is 0 Å². The topological polar surface area (TPSA) is 28.2 Å². The molecule has 1 atom stereocenters. The maximum absolute atomic E-state index is 4.60. The van der Waals surface area contributed by atoms with Gasteiger partial charge in [-0.2, -0.15) is 0 Å². The molecule has 1 rings (SSSR count). The lowest BCUT2D eigenvalue weighted by Crippen LogP contribution is -2.28. The van der Waals surface area contributed by atoms with Crippen molar-refractivity contribution in [3.05, 3.63) is 29.6 Å². The monoisotopic (exact) mass is 277 g/mol. The zero-order valence-corrected chi connectivity index (χ0v) is 13.8. The molecule has 114 valence electrons. The van der Waals surface area contributed by atoms with Crippen molar-refractivity contribution in [3.8, 4) is 0 Å². The molecule has 1 heterocycles.